The van der Waals surface area contributed by atoms with Crippen molar-refractivity contribution in [3.63, 3.8) is 0 Å². The van der Waals surface area contributed by atoms with Gasteiger partial charge in [-0.15, -0.1) is 0 Å². The van der Waals surface area contributed by atoms with E-state index in [2.05, 4.69) is 20.3 Å². The highest BCUT2D eigenvalue weighted by Gasteiger charge is 2.46. The molecule has 0 spiro atoms. The predicted octanol–water partition coefficient (Wildman–Crippen LogP) is -0.251. The minimum Gasteiger partial charge on any atom is -0.479 e. The van der Waals surface area contributed by atoms with Gasteiger partial charge in [-0.25, -0.2) is 19.7 Å². The summed E-state index contributed by atoms with van der Waals surface area (Å²) in [5.41, 5.74) is 6.70. The summed E-state index contributed by atoms with van der Waals surface area (Å²) in [7, 11) is 0. The van der Waals surface area contributed by atoms with Gasteiger partial charge in [-0.05, 0) is 12.1 Å². The van der Waals surface area contributed by atoms with Crippen molar-refractivity contribution in [2.45, 2.75) is 24.5 Å². The number of anilines is 1. The lowest BCUT2D eigenvalue weighted by Crippen LogP contribution is -2.43. The molecule has 5 N–H and O–H groups in total. The molecular weight excluding hydrogens is 368 g/mol. The third-order valence-electron chi connectivity index (χ3n) is 4.47. The number of aliphatic hydroxyl groups excluding tert-OH is 1. The Bertz CT molecular complexity index is 1040. The van der Waals surface area contributed by atoms with E-state index < -0.39 is 30.4 Å². The third kappa shape index (κ3) is 2.97. The predicted molar refractivity (Wildman–Crippen MR) is 95.2 cm³/mol. The van der Waals surface area contributed by atoms with Gasteiger partial charge < -0.3 is 26.0 Å². The van der Waals surface area contributed by atoms with Gasteiger partial charge in [0.15, 0.2) is 29.3 Å². The molecule has 0 radical (unpaired) electrons. The number of benzene rings is 1. The zero-order chi connectivity index (χ0) is 19.8. The molecule has 144 valence electrons. The van der Waals surface area contributed by atoms with E-state index in [0.717, 1.165) is 0 Å². The van der Waals surface area contributed by atoms with Gasteiger partial charge in [-0.2, -0.15) is 0 Å². The van der Waals surface area contributed by atoms with Crippen LogP contribution in [0.2, 0.25) is 0 Å². The fourth-order valence-electron chi connectivity index (χ4n) is 3.04. The van der Waals surface area contributed by atoms with Gasteiger partial charge >= 0.3 is 5.97 Å². The molecule has 11 heteroatoms. The second-order valence-electron chi connectivity index (χ2n) is 6.22. The molecule has 1 aliphatic heterocycles. The maximum Gasteiger partial charge on any atom is 0.334 e. The third-order valence-corrected chi connectivity index (χ3v) is 4.47. The molecule has 4 rings (SSSR count). The molecule has 0 saturated carbocycles. The number of imidazole rings is 1. The van der Waals surface area contributed by atoms with Crippen molar-refractivity contribution in [2.75, 3.05) is 5.32 Å². The summed E-state index contributed by atoms with van der Waals surface area (Å²) in [6, 6.07) is 7.47. The number of carbonyl (C=O) groups excluding carboxylic acids is 1. The fourth-order valence-corrected chi connectivity index (χ4v) is 3.04. The topological polar surface area (TPSA) is 165 Å². The van der Waals surface area contributed by atoms with Gasteiger partial charge in [0.2, 0.25) is 0 Å². The minimum absolute atomic E-state index is 0.171. The van der Waals surface area contributed by atoms with Crippen LogP contribution in [0, 0.1) is 0 Å². The highest BCUT2D eigenvalue weighted by Crippen LogP contribution is 2.31. The van der Waals surface area contributed by atoms with Crippen LogP contribution >= 0.6 is 0 Å². The summed E-state index contributed by atoms with van der Waals surface area (Å²) in [5.74, 6) is -1.48. The number of ether oxygens (including phenoxy) is 1. The van der Waals surface area contributed by atoms with E-state index in [1.807, 2.05) is 0 Å². The number of carbonyl (C=O) groups is 2. The van der Waals surface area contributed by atoms with Crippen LogP contribution in [-0.2, 0) is 9.53 Å². The second kappa shape index (κ2) is 6.96. The molecule has 28 heavy (non-hydrogen) atoms. The molecule has 1 amide bonds. The molecule has 1 fully saturated rings. The van der Waals surface area contributed by atoms with Crippen molar-refractivity contribution in [1.29, 1.82) is 0 Å². The Morgan fingerprint density at radius 2 is 1.93 bits per heavy atom. The molecule has 1 aromatic carbocycles. The summed E-state index contributed by atoms with van der Waals surface area (Å²) < 4.78 is 6.75. The van der Waals surface area contributed by atoms with Crippen LogP contribution in [0.5, 0.6) is 0 Å². The van der Waals surface area contributed by atoms with E-state index in [1.165, 1.54) is 17.2 Å². The molecule has 4 atom stereocenters. The zero-order valence-corrected chi connectivity index (χ0v) is 14.3. The Labute approximate surface area is 157 Å². The first-order valence-electron chi connectivity index (χ1n) is 8.33. The number of nitrogens with zero attached hydrogens (tertiary/aromatic N) is 4. The van der Waals surface area contributed by atoms with Crippen LogP contribution in [-0.4, -0.2) is 59.9 Å². The average molecular weight is 384 g/mol. The van der Waals surface area contributed by atoms with Crippen LogP contribution in [0.4, 0.5) is 5.82 Å². The summed E-state index contributed by atoms with van der Waals surface area (Å²) in [6.07, 6.45) is -1.19. The molecule has 1 saturated heterocycles. The van der Waals surface area contributed by atoms with Gasteiger partial charge in [-0.1, -0.05) is 18.2 Å². The van der Waals surface area contributed by atoms with E-state index >= 15 is 0 Å². The zero-order valence-electron chi connectivity index (χ0n) is 14.3. The number of carboxylic acids is 1. The van der Waals surface area contributed by atoms with Crippen LogP contribution < -0.4 is 11.1 Å². The maximum absolute atomic E-state index is 12.4. The van der Waals surface area contributed by atoms with E-state index in [1.54, 1.807) is 30.3 Å². The first-order valence-corrected chi connectivity index (χ1v) is 8.33. The number of nitrogens with two attached hydrogens (primary N) is 1. The lowest BCUT2D eigenvalue weighted by Gasteiger charge is -2.16. The van der Waals surface area contributed by atoms with E-state index in [0.29, 0.717) is 5.56 Å². The maximum atomic E-state index is 12.4. The van der Waals surface area contributed by atoms with Crippen molar-refractivity contribution in [2.24, 2.45) is 5.73 Å². The van der Waals surface area contributed by atoms with Crippen LogP contribution in [0.3, 0.4) is 0 Å². The smallest absolute Gasteiger partial charge is 0.334 e. The quantitative estimate of drug-likeness (QED) is 0.474. The Morgan fingerprint density at radius 1 is 1.18 bits per heavy atom. The number of rotatable bonds is 4. The van der Waals surface area contributed by atoms with Crippen LogP contribution in [0.25, 0.3) is 11.2 Å². The summed E-state index contributed by atoms with van der Waals surface area (Å²) in [6.45, 7) is 0. The highest BCUT2D eigenvalue weighted by atomic mass is 16.6. The lowest BCUT2D eigenvalue weighted by molar-refractivity contribution is -0.152. The van der Waals surface area contributed by atoms with Gasteiger partial charge in [0.05, 0.1) is 12.4 Å². The summed E-state index contributed by atoms with van der Waals surface area (Å²) in [4.78, 5) is 36.0. The van der Waals surface area contributed by atoms with Gasteiger partial charge in [0.1, 0.15) is 12.4 Å². The van der Waals surface area contributed by atoms with Crippen LogP contribution in [0.1, 0.15) is 16.6 Å². The van der Waals surface area contributed by atoms with Gasteiger partial charge in [-0.3, -0.25) is 9.36 Å². The number of carboxylic acid groups (broad SMARTS) is 1. The van der Waals surface area contributed by atoms with E-state index in [9.17, 15) is 14.7 Å². The first kappa shape index (κ1) is 18.0. The lowest BCUT2D eigenvalue weighted by atomic mass is 10.1. The number of aliphatic hydroxyl groups is 1. The number of nitrogens with one attached hydrogen (secondary N) is 1. The molecule has 11 nitrogen and oxygen atoms in total. The molecule has 0 bridgehead atoms. The number of aromatic nitrogens is 4. The molecule has 0 unspecified atom stereocenters. The Balaban J connectivity index is 1.66. The number of fused-ring (bicyclic) bond motifs is 1. The van der Waals surface area contributed by atoms with E-state index in [4.69, 9.17) is 15.6 Å². The van der Waals surface area contributed by atoms with Gasteiger partial charge in [0.25, 0.3) is 5.91 Å². The SMILES string of the molecule is N[C@H]1[C@@H](O)[C@H](n2cnc3c(NC(=O)c4ccccc4)ncnc32)O[C@@H]1C(=O)O. The standard InChI is InChI=1S/C17H16N6O5/c18-9-11(24)16(28-12(9)17(26)27)23-7-21-10-13(19-6-20-14(10)23)22-15(25)8-4-2-1-3-5-8/h1-7,9,11-12,16,24H,18H2,(H,26,27)(H,19,20,22,25)/t9-,11+,12-,16+/m0/s1. The minimum atomic E-state index is -1.36. The Kier molecular flexibility index (Phi) is 4.47. The molecule has 3 aromatic rings. The fraction of sp³-hybridized carbons (Fsp3) is 0.235. The molecule has 0 aliphatic carbocycles. The largest absolute Gasteiger partial charge is 0.479 e. The van der Waals surface area contributed by atoms with Gasteiger partial charge in [0, 0.05) is 5.56 Å². The molecular formula is C17H16N6O5. The normalized spacial score (nSPS) is 24.4. The van der Waals surface area contributed by atoms with E-state index in [-0.39, 0.29) is 22.9 Å². The number of hydrogen-bond donors (Lipinski definition) is 4. The van der Waals surface area contributed by atoms with Crippen molar-refractivity contribution in [3.8, 4) is 0 Å². The Hall–Kier alpha value is -3.41. The van der Waals surface area contributed by atoms with Crippen molar-refractivity contribution < 1.29 is 24.5 Å². The summed E-state index contributed by atoms with van der Waals surface area (Å²) >= 11 is 0. The number of hydrogen-bond acceptors (Lipinski definition) is 8. The molecule has 3 heterocycles. The molecule has 2 aromatic heterocycles. The first-order chi connectivity index (χ1) is 13.5. The number of aliphatic carboxylic acids is 1. The van der Waals surface area contributed by atoms with Crippen molar-refractivity contribution >= 4 is 28.9 Å². The summed E-state index contributed by atoms with van der Waals surface area (Å²) in [5, 5.41) is 22.1. The van der Waals surface area contributed by atoms with Crippen molar-refractivity contribution in [3.05, 3.63) is 48.5 Å². The Morgan fingerprint density at radius 3 is 2.61 bits per heavy atom. The number of amides is 1. The second-order valence-corrected chi connectivity index (χ2v) is 6.22. The average Bonchev–Trinajstić information content (AvgIpc) is 3.25. The monoisotopic (exact) mass is 384 g/mol. The van der Waals surface area contributed by atoms with Crippen LogP contribution in [0.15, 0.2) is 43.0 Å². The van der Waals surface area contributed by atoms with Crippen molar-refractivity contribution in [1.82, 2.24) is 19.5 Å². The highest BCUT2D eigenvalue weighted by molar-refractivity contribution is 6.06. The molecule has 1 aliphatic rings.